The zero-order valence-corrected chi connectivity index (χ0v) is 10.5. The lowest BCUT2D eigenvalue weighted by molar-refractivity contribution is -0.132. The third-order valence-electron chi connectivity index (χ3n) is 3.05. The van der Waals surface area contributed by atoms with Gasteiger partial charge in [0.25, 0.3) is 5.91 Å². The molecule has 0 unspecified atom stereocenters. The normalized spacial score (nSPS) is 18.8. The Labute approximate surface area is 106 Å². The van der Waals surface area contributed by atoms with Gasteiger partial charge in [0, 0.05) is 39.6 Å². The minimum atomic E-state index is -0.155. The number of rotatable bonds is 2. The van der Waals surface area contributed by atoms with Crippen LogP contribution in [0, 0.1) is 5.92 Å². The second-order valence-corrected chi connectivity index (χ2v) is 4.56. The molecule has 0 bridgehead atoms. The van der Waals surface area contributed by atoms with E-state index in [-0.39, 0.29) is 17.7 Å². The molecule has 1 aromatic heterocycles. The molecule has 2 heterocycles. The van der Waals surface area contributed by atoms with E-state index in [1.807, 2.05) is 0 Å². The van der Waals surface area contributed by atoms with E-state index >= 15 is 0 Å². The van der Waals surface area contributed by atoms with Crippen molar-refractivity contribution in [2.75, 3.05) is 27.2 Å². The van der Waals surface area contributed by atoms with Crippen molar-refractivity contribution in [1.29, 1.82) is 0 Å². The molecule has 18 heavy (non-hydrogen) atoms. The highest BCUT2D eigenvalue weighted by atomic mass is 16.2. The van der Waals surface area contributed by atoms with Crippen molar-refractivity contribution in [2.24, 2.45) is 5.92 Å². The largest absolute Gasteiger partial charge is 0.349 e. The summed E-state index contributed by atoms with van der Waals surface area (Å²) in [5.41, 5.74) is 0.329. The van der Waals surface area contributed by atoms with Crippen LogP contribution < -0.4 is 0 Å². The summed E-state index contributed by atoms with van der Waals surface area (Å²) in [6.07, 6.45) is 5.18. The minimum absolute atomic E-state index is 0.0736. The van der Waals surface area contributed by atoms with Crippen molar-refractivity contribution in [3.05, 3.63) is 24.3 Å². The monoisotopic (exact) mass is 248 g/mol. The molecule has 2 rings (SSSR count). The molecule has 0 aliphatic carbocycles. The maximum Gasteiger partial charge on any atom is 0.274 e. The van der Waals surface area contributed by atoms with Crippen LogP contribution in [0.3, 0.4) is 0 Å². The van der Waals surface area contributed by atoms with Crippen molar-refractivity contribution in [2.45, 2.75) is 6.42 Å². The Balaban J connectivity index is 2.01. The highest BCUT2D eigenvalue weighted by molar-refractivity contribution is 5.92. The SMILES string of the molecule is CN(C)C(=O)[C@@H]1CCN(C(=O)c2cnccn2)C1. The van der Waals surface area contributed by atoms with Gasteiger partial charge in [0.2, 0.25) is 5.91 Å². The van der Waals surface area contributed by atoms with Crippen molar-refractivity contribution in [1.82, 2.24) is 19.8 Å². The van der Waals surface area contributed by atoms with Crippen LogP contribution in [0.1, 0.15) is 16.9 Å². The van der Waals surface area contributed by atoms with Crippen LogP contribution in [0.5, 0.6) is 0 Å². The molecule has 0 aromatic carbocycles. The summed E-state index contributed by atoms with van der Waals surface area (Å²) in [4.78, 5) is 35.0. The van der Waals surface area contributed by atoms with Crippen molar-refractivity contribution < 1.29 is 9.59 Å². The van der Waals surface area contributed by atoms with Crippen LogP contribution in [0.15, 0.2) is 18.6 Å². The number of hydrogen-bond donors (Lipinski definition) is 0. The number of aromatic nitrogens is 2. The van der Waals surface area contributed by atoms with Gasteiger partial charge in [-0.15, -0.1) is 0 Å². The zero-order valence-electron chi connectivity index (χ0n) is 10.5. The average Bonchev–Trinajstić information content (AvgIpc) is 2.87. The van der Waals surface area contributed by atoms with E-state index in [1.54, 1.807) is 23.9 Å². The van der Waals surface area contributed by atoms with Gasteiger partial charge in [-0.2, -0.15) is 0 Å². The number of hydrogen-bond acceptors (Lipinski definition) is 4. The first-order valence-electron chi connectivity index (χ1n) is 5.86. The lowest BCUT2D eigenvalue weighted by atomic mass is 10.1. The van der Waals surface area contributed by atoms with E-state index in [2.05, 4.69) is 9.97 Å². The molecule has 6 heteroatoms. The van der Waals surface area contributed by atoms with Crippen LogP contribution >= 0.6 is 0 Å². The first-order valence-corrected chi connectivity index (χ1v) is 5.86. The smallest absolute Gasteiger partial charge is 0.274 e. The Hall–Kier alpha value is -1.98. The maximum absolute atomic E-state index is 12.1. The van der Waals surface area contributed by atoms with E-state index in [0.29, 0.717) is 25.2 Å². The fourth-order valence-corrected chi connectivity index (χ4v) is 2.08. The Morgan fingerprint density at radius 1 is 1.39 bits per heavy atom. The fourth-order valence-electron chi connectivity index (χ4n) is 2.08. The van der Waals surface area contributed by atoms with Gasteiger partial charge in [0.05, 0.1) is 12.1 Å². The minimum Gasteiger partial charge on any atom is -0.349 e. The summed E-state index contributed by atoms with van der Waals surface area (Å²) >= 11 is 0. The van der Waals surface area contributed by atoms with E-state index in [1.165, 1.54) is 18.6 Å². The second-order valence-electron chi connectivity index (χ2n) is 4.56. The molecule has 0 spiro atoms. The average molecular weight is 248 g/mol. The van der Waals surface area contributed by atoms with Gasteiger partial charge in [-0.05, 0) is 6.42 Å². The molecular formula is C12H16N4O2. The lowest BCUT2D eigenvalue weighted by Crippen LogP contribution is -2.34. The topological polar surface area (TPSA) is 66.4 Å². The number of carbonyl (C=O) groups excluding carboxylic acids is 2. The molecule has 1 fully saturated rings. The van der Waals surface area contributed by atoms with Crippen LogP contribution in [-0.2, 0) is 4.79 Å². The predicted molar refractivity (Wildman–Crippen MR) is 64.7 cm³/mol. The van der Waals surface area contributed by atoms with Crippen LogP contribution in [-0.4, -0.2) is 58.8 Å². The summed E-state index contributed by atoms with van der Waals surface area (Å²) in [7, 11) is 3.46. The molecule has 1 aliphatic rings. The van der Waals surface area contributed by atoms with Crippen LogP contribution in [0.25, 0.3) is 0 Å². The van der Waals surface area contributed by atoms with Crippen molar-refractivity contribution >= 4 is 11.8 Å². The molecule has 2 amide bonds. The number of likely N-dealkylation sites (tertiary alicyclic amines) is 1. The van der Waals surface area contributed by atoms with Gasteiger partial charge < -0.3 is 9.80 Å². The predicted octanol–water partition coefficient (Wildman–Crippen LogP) is 0.0269. The van der Waals surface area contributed by atoms with Gasteiger partial charge in [-0.25, -0.2) is 4.98 Å². The van der Waals surface area contributed by atoms with Gasteiger partial charge >= 0.3 is 0 Å². The molecular weight excluding hydrogens is 232 g/mol. The molecule has 1 atom stereocenters. The molecule has 1 aromatic rings. The lowest BCUT2D eigenvalue weighted by Gasteiger charge is -2.17. The zero-order chi connectivity index (χ0) is 13.1. The molecule has 96 valence electrons. The summed E-state index contributed by atoms with van der Waals surface area (Å²) in [6.45, 7) is 1.06. The molecule has 0 radical (unpaired) electrons. The van der Waals surface area contributed by atoms with E-state index in [9.17, 15) is 9.59 Å². The van der Waals surface area contributed by atoms with Crippen LogP contribution in [0.4, 0.5) is 0 Å². The number of nitrogens with zero attached hydrogens (tertiary/aromatic N) is 4. The van der Waals surface area contributed by atoms with Gasteiger partial charge in [0.1, 0.15) is 5.69 Å². The first-order chi connectivity index (χ1) is 8.59. The quantitative estimate of drug-likeness (QED) is 0.740. The Morgan fingerprint density at radius 3 is 2.78 bits per heavy atom. The highest BCUT2D eigenvalue weighted by Crippen LogP contribution is 2.19. The molecule has 0 N–H and O–H groups in total. The van der Waals surface area contributed by atoms with E-state index < -0.39 is 0 Å². The first kappa shape index (κ1) is 12.5. The fraction of sp³-hybridized carbons (Fsp3) is 0.500. The van der Waals surface area contributed by atoms with Crippen LogP contribution in [0.2, 0.25) is 0 Å². The summed E-state index contributed by atoms with van der Waals surface area (Å²) in [6, 6.07) is 0. The van der Waals surface area contributed by atoms with Gasteiger partial charge in [-0.1, -0.05) is 0 Å². The Kier molecular flexibility index (Phi) is 3.55. The summed E-state index contributed by atoms with van der Waals surface area (Å²) in [5.74, 6) is -0.178. The Morgan fingerprint density at radius 2 is 2.17 bits per heavy atom. The molecule has 0 saturated carbocycles. The third kappa shape index (κ3) is 2.47. The summed E-state index contributed by atoms with van der Waals surface area (Å²) < 4.78 is 0. The Bertz CT molecular complexity index is 447. The molecule has 1 aliphatic heterocycles. The van der Waals surface area contributed by atoms with Gasteiger partial charge in [-0.3, -0.25) is 14.6 Å². The van der Waals surface area contributed by atoms with Gasteiger partial charge in [0.15, 0.2) is 0 Å². The van der Waals surface area contributed by atoms with E-state index in [0.717, 1.165) is 0 Å². The van der Waals surface area contributed by atoms with E-state index in [4.69, 9.17) is 0 Å². The third-order valence-corrected chi connectivity index (χ3v) is 3.05. The molecule has 1 saturated heterocycles. The number of carbonyl (C=O) groups is 2. The van der Waals surface area contributed by atoms with Crippen molar-refractivity contribution in [3.63, 3.8) is 0 Å². The maximum atomic E-state index is 12.1. The van der Waals surface area contributed by atoms with Crippen molar-refractivity contribution in [3.8, 4) is 0 Å². The second kappa shape index (κ2) is 5.12. The molecule has 6 nitrogen and oxygen atoms in total. The highest BCUT2D eigenvalue weighted by Gasteiger charge is 2.32. The summed E-state index contributed by atoms with van der Waals surface area (Å²) in [5, 5.41) is 0. The standard InChI is InChI=1S/C12H16N4O2/c1-15(2)11(17)9-3-6-16(8-9)12(18)10-7-13-4-5-14-10/h4-5,7,9H,3,6,8H2,1-2H3/t9-/m1/s1. The number of amides is 2.